The molecule has 2 aromatic rings. The maximum Gasteiger partial charge on any atom is 0.240 e. The average Bonchev–Trinajstić information content (AvgIpc) is 2.38. The number of benzene rings is 1. The van der Waals surface area contributed by atoms with Crippen LogP contribution in [-0.4, -0.2) is 11.6 Å². The van der Waals surface area contributed by atoms with Crippen LogP contribution in [0.1, 0.15) is 24.5 Å². The Kier molecular flexibility index (Phi) is 4.45. The minimum Gasteiger partial charge on any atom is -0.476 e. The SMILES string of the molecule is CCCOc1nc(Oc2cc(C)cc(C)c2)ccc1N. The van der Waals surface area contributed by atoms with Gasteiger partial charge in [-0.15, -0.1) is 0 Å². The summed E-state index contributed by atoms with van der Waals surface area (Å²) in [6.07, 6.45) is 0.906. The summed E-state index contributed by atoms with van der Waals surface area (Å²) in [4.78, 5) is 4.29. The van der Waals surface area contributed by atoms with Crippen LogP contribution < -0.4 is 15.2 Å². The second-order valence-corrected chi connectivity index (χ2v) is 4.82. The zero-order chi connectivity index (χ0) is 14.5. The van der Waals surface area contributed by atoms with Crippen LogP contribution in [0.25, 0.3) is 0 Å². The number of aromatic nitrogens is 1. The van der Waals surface area contributed by atoms with Crippen LogP contribution in [-0.2, 0) is 0 Å². The molecule has 0 aliphatic carbocycles. The number of anilines is 1. The highest BCUT2D eigenvalue weighted by Crippen LogP contribution is 2.27. The van der Waals surface area contributed by atoms with Gasteiger partial charge in [0.25, 0.3) is 0 Å². The molecule has 20 heavy (non-hydrogen) atoms. The topological polar surface area (TPSA) is 57.4 Å². The fourth-order valence-corrected chi connectivity index (χ4v) is 1.92. The number of pyridine rings is 1. The van der Waals surface area contributed by atoms with Crippen molar-refractivity contribution in [2.45, 2.75) is 27.2 Å². The predicted octanol–water partition coefficient (Wildman–Crippen LogP) is 3.86. The summed E-state index contributed by atoms with van der Waals surface area (Å²) < 4.78 is 11.3. The molecule has 0 fully saturated rings. The Morgan fingerprint density at radius 1 is 1.10 bits per heavy atom. The number of nitrogens with two attached hydrogens (primary N) is 1. The van der Waals surface area contributed by atoms with Crippen LogP contribution in [0.2, 0.25) is 0 Å². The van der Waals surface area contributed by atoms with E-state index in [0.717, 1.165) is 23.3 Å². The molecule has 0 unspecified atom stereocenters. The van der Waals surface area contributed by atoms with E-state index in [9.17, 15) is 0 Å². The zero-order valence-electron chi connectivity index (χ0n) is 12.1. The molecule has 0 spiro atoms. The van der Waals surface area contributed by atoms with E-state index in [0.29, 0.717) is 24.1 Å². The molecule has 0 amide bonds. The van der Waals surface area contributed by atoms with Crippen molar-refractivity contribution < 1.29 is 9.47 Å². The van der Waals surface area contributed by atoms with Crippen LogP contribution in [0.5, 0.6) is 17.5 Å². The van der Waals surface area contributed by atoms with E-state index in [1.807, 2.05) is 32.9 Å². The minimum absolute atomic E-state index is 0.425. The van der Waals surface area contributed by atoms with Gasteiger partial charge in [0, 0.05) is 6.07 Å². The quantitative estimate of drug-likeness (QED) is 0.897. The molecule has 106 valence electrons. The second kappa shape index (κ2) is 6.28. The van der Waals surface area contributed by atoms with Crippen LogP contribution in [0.3, 0.4) is 0 Å². The third-order valence-corrected chi connectivity index (χ3v) is 2.72. The lowest BCUT2D eigenvalue weighted by Crippen LogP contribution is -2.02. The summed E-state index contributed by atoms with van der Waals surface area (Å²) in [5, 5.41) is 0. The van der Waals surface area contributed by atoms with Gasteiger partial charge in [0.05, 0.1) is 12.3 Å². The molecule has 0 aliphatic rings. The van der Waals surface area contributed by atoms with Crippen molar-refractivity contribution in [2.75, 3.05) is 12.3 Å². The fraction of sp³-hybridized carbons (Fsp3) is 0.312. The monoisotopic (exact) mass is 272 g/mol. The van der Waals surface area contributed by atoms with Gasteiger partial charge in [-0.3, -0.25) is 0 Å². The summed E-state index contributed by atoms with van der Waals surface area (Å²) in [5.74, 6) is 1.67. The average molecular weight is 272 g/mol. The van der Waals surface area contributed by atoms with Crippen LogP contribution >= 0.6 is 0 Å². The molecule has 2 rings (SSSR count). The van der Waals surface area contributed by atoms with E-state index >= 15 is 0 Å². The van der Waals surface area contributed by atoms with Gasteiger partial charge in [-0.2, -0.15) is 4.98 Å². The fourth-order valence-electron chi connectivity index (χ4n) is 1.92. The first-order valence-electron chi connectivity index (χ1n) is 6.74. The Hall–Kier alpha value is -2.23. The van der Waals surface area contributed by atoms with E-state index in [-0.39, 0.29) is 0 Å². The summed E-state index contributed by atoms with van der Waals surface area (Å²) >= 11 is 0. The Bertz CT molecular complexity index is 577. The molecule has 1 aromatic carbocycles. The molecule has 0 saturated heterocycles. The van der Waals surface area contributed by atoms with E-state index < -0.39 is 0 Å². The second-order valence-electron chi connectivity index (χ2n) is 4.82. The third-order valence-electron chi connectivity index (χ3n) is 2.72. The van der Waals surface area contributed by atoms with Gasteiger partial charge in [0.2, 0.25) is 11.8 Å². The molecule has 4 nitrogen and oxygen atoms in total. The number of aryl methyl sites for hydroxylation is 2. The van der Waals surface area contributed by atoms with Crippen molar-refractivity contribution in [1.82, 2.24) is 4.98 Å². The van der Waals surface area contributed by atoms with Crippen molar-refractivity contribution in [3.8, 4) is 17.5 Å². The molecular weight excluding hydrogens is 252 g/mol. The maximum absolute atomic E-state index is 5.83. The largest absolute Gasteiger partial charge is 0.476 e. The highest BCUT2D eigenvalue weighted by atomic mass is 16.5. The number of nitrogens with zero attached hydrogens (tertiary/aromatic N) is 1. The molecule has 1 heterocycles. The van der Waals surface area contributed by atoms with Crippen molar-refractivity contribution in [1.29, 1.82) is 0 Å². The molecule has 0 atom stereocenters. The normalized spacial score (nSPS) is 10.3. The maximum atomic E-state index is 5.83. The number of rotatable bonds is 5. The lowest BCUT2D eigenvalue weighted by Gasteiger charge is -2.10. The minimum atomic E-state index is 0.425. The van der Waals surface area contributed by atoms with Gasteiger partial charge in [0.15, 0.2) is 0 Å². The first-order valence-corrected chi connectivity index (χ1v) is 6.74. The number of nitrogen functional groups attached to an aromatic ring is 1. The third kappa shape index (κ3) is 3.63. The lowest BCUT2D eigenvalue weighted by molar-refractivity contribution is 0.302. The standard InChI is InChI=1S/C16H20N2O2/c1-4-7-19-16-14(17)5-6-15(18-16)20-13-9-11(2)8-12(3)10-13/h5-6,8-10H,4,7,17H2,1-3H3. The highest BCUT2D eigenvalue weighted by molar-refractivity contribution is 5.49. The molecule has 0 saturated carbocycles. The number of ether oxygens (including phenoxy) is 2. The molecule has 0 bridgehead atoms. The van der Waals surface area contributed by atoms with E-state index in [1.54, 1.807) is 12.1 Å². The molecular formula is C16H20N2O2. The van der Waals surface area contributed by atoms with Gasteiger partial charge in [0.1, 0.15) is 5.75 Å². The molecule has 1 aromatic heterocycles. The predicted molar refractivity (Wildman–Crippen MR) is 80.4 cm³/mol. The molecule has 2 N–H and O–H groups in total. The van der Waals surface area contributed by atoms with Crippen LogP contribution in [0.4, 0.5) is 5.69 Å². The van der Waals surface area contributed by atoms with Gasteiger partial charge < -0.3 is 15.2 Å². The summed E-state index contributed by atoms with van der Waals surface area (Å²) in [5.41, 5.74) is 8.65. The van der Waals surface area contributed by atoms with Crippen molar-refractivity contribution in [2.24, 2.45) is 0 Å². The highest BCUT2D eigenvalue weighted by Gasteiger charge is 2.06. The van der Waals surface area contributed by atoms with E-state index in [2.05, 4.69) is 11.1 Å². The first kappa shape index (κ1) is 14.2. The van der Waals surface area contributed by atoms with Crippen LogP contribution in [0, 0.1) is 13.8 Å². The number of hydrogen-bond acceptors (Lipinski definition) is 4. The zero-order valence-corrected chi connectivity index (χ0v) is 12.1. The Labute approximate surface area is 119 Å². The van der Waals surface area contributed by atoms with Gasteiger partial charge >= 0.3 is 0 Å². The Morgan fingerprint density at radius 2 is 1.80 bits per heavy atom. The summed E-state index contributed by atoms with van der Waals surface area (Å²) in [6.45, 7) is 6.69. The van der Waals surface area contributed by atoms with E-state index in [1.165, 1.54) is 0 Å². The Morgan fingerprint density at radius 3 is 2.45 bits per heavy atom. The molecule has 4 heteroatoms. The van der Waals surface area contributed by atoms with Crippen LogP contribution in [0.15, 0.2) is 30.3 Å². The number of hydrogen-bond donors (Lipinski definition) is 1. The van der Waals surface area contributed by atoms with Gasteiger partial charge in [-0.25, -0.2) is 0 Å². The van der Waals surface area contributed by atoms with Gasteiger partial charge in [-0.05, 0) is 49.6 Å². The summed E-state index contributed by atoms with van der Waals surface area (Å²) in [6, 6.07) is 9.52. The molecule has 0 aliphatic heterocycles. The van der Waals surface area contributed by atoms with Crippen molar-refractivity contribution in [3.63, 3.8) is 0 Å². The summed E-state index contributed by atoms with van der Waals surface area (Å²) in [7, 11) is 0. The molecule has 0 radical (unpaired) electrons. The van der Waals surface area contributed by atoms with Gasteiger partial charge in [-0.1, -0.05) is 13.0 Å². The first-order chi connectivity index (χ1) is 9.58. The van der Waals surface area contributed by atoms with Crippen molar-refractivity contribution >= 4 is 5.69 Å². The Balaban J connectivity index is 2.20. The lowest BCUT2D eigenvalue weighted by atomic mass is 10.1. The smallest absolute Gasteiger partial charge is 0.240 e. The van der Waals surface area contributed by atoms with E-state index in [4.69, 9.17) is 15.2 Å². The van der Waals surface area contributed by atoms with Crippen molar-refractivity contribution in [3.05, 3.63) is 41.5 Å².